The molecule has 5 heteroatoms. The zero-order valence-electron chi connectivity index (χ0n) is 11.5. The van der Waals surface area contributed by atoms with E-state index >= 15 is 0 Å². The molecular weight excluding hydrogens is 274 g/mol. The molecule has 0 aromatic heterocycles. The molecule has 0 spiro atoms. The van der Waals surface area contributed by atoms with Crippen molar-refractivity contribution in [2.75, 3.05) is 13.2 Å². The predicted octanol–water partition coefficient (Wildman–Crippen LogP) is 2.57. The summed E-state index contributed by atoms with van der Waals surface area (Å²) in [5.74, 6) is 1.27. The molecule has 0 atom stereocenters. The van der Waals surface area contributed by atoms with Crippen LogP contribution in [0.15, 0.2) is 12.1 Å². The second kappa shape index (κ2) is 5.62. The Morgan fingerprint density at radius 3 is 2.95 bits per heavy atom. The average molecular weight is 294 g/mol. The highest BCUT2D eigenvalue weighted by Gasteiger charge is 2.30. The van der Waals surface area contributed by atoms with E-state index in [9.17, 15) is 0 Å². The van der Waals surface area contributed by atoms with Crippen LogP contribution in [0.1, 0.15) is 30.4 Å². The Labute approximate surface area is 124 Å². The molecular formula is C15H20ClN3O. The fourth-order valence-corrected chi connectivity index (χ4v) is 3.04. The van der Waals surface area contributed by atoms with Crippen molar-refractivity contribution in [2.45, 2.75) is 38.3 Å². The lowest BCUT2D eigenvalue weighted by Gasteiger charge is -2.23. The van der Waals surface area contributed by atoms with Crippen LogP contribution in [0.4, 0.5) is 0 Å². The summed E-state index contributed by atoms with van der Waals surface area (Å²) in [4.78, 5) is 2.40. The Kier molecular flexibility index (Phi) is 3.85. The number of ether oxygens (including phenoxy) is 1. The Morgan fingerprint density at radius 1 is 1.45 bits per heavy atom. The van der Waals surface area contributed by atoms with Gasteiger partial charge in [-0.2, -0.15) is 0 Å². The van der Waals surface area contributed by atoms with Gasteiger partial charge in [-0.05, 0) is 30.5 Å². The number of nitrogens with one attached hydrogen (secondary N) is 1. The summed E-state index contributed by atoms with van der Waals surface area (Å²) in [7, 11) is 0. The number of benzene rings is 1. The minimum absolute atomic E-state index is 0.253. The minimum Gasteiger partial charge on any atom is -0.493 e. The fraction of sp³-hybridized carbons (Fsp3) is 0.533. The van der Waals surface area contributed by atoms with Crippen molar-refractivity contribution in [2.24, 2.45) is 5.73 Å². The van der Waals surface area contributed by atoms with Gasteiger partial charge in [0.25, 0.3) is 0 Å². The lowest BCUT2D eigenvalue weighted by molar-refractivity contribution is 0.256. The molecule has 1 heterocycles. The van der Waals surface area contributed by atoms with Crippen LogP contribution < -0.4 is 10.5 Å². The molecule has 0 saturated heterocycles. The maximum Gasteiger partial charge on any atom is 0.127 e. The molecule has 1 aliphatic carbocycles. The molecule has 4 nitrogen and oxygen atoms in total. The zero-order chi connectivity index (χ0) is 14.1. The number of hydrogen-bond acceptors (Lipinski definition) is 3. The summed E-state index contributed by atoms with van der Waals surface area (Å²) in [6, 6.07) is 4.64. The molecule has 3 N–H and O–H groups in total. The number of amidine groups is 1. The predicted molar refractivity (Wildman–Crippen MR) is 80.6 cm³/mol. The third-order valence-corrected chi connectivity index (χ3v) is 4.15. The second-order valence-electron chi connectivity index (χ2n) is 5.63. The largest absolute Gasteiger partial charge is 0.493 e. The second-order valence-corrected chi connectivity index (χ2v) is 6.06. The molecule has 0 bridgehead atoms. The van der Waals surface area contributed by atoms with Gasteiger partial charge in [0.05, 0.1) is 12.4 Å². The lowest BCUT2D eigenvalue weighted by Crippen LogP contribution is -2.29. The minimum atomic E-state index is 0.253. The van der Waals surface area contributed by atoms with E-state index in [1.807, 2.05) is 12.1 Å². The number of nitrogens with two attached hydrogens (primary N) is 1. The van der Waals surface area contributed by atoms with Gasteiger partial charge < -0.3 is 10.5 Å². The van der Waals surface area contributed by atoms with Gasteiger partial charge in [-0.1, -0.05) is 11.6 Å². The molecule has 108 valence electrons. The van der Waals surface area contributed by atoms with Crippen LogP contribution in [0, 0.1) is 5.41 Å². The van der Waals surface area contributed by atoms with Gasteiger partial charge in [0, 0.05) is 42.6 Å². The molecule has 1 aromatic rings. The SMILES string of the molecule is N=C(N)CCN(Cc1cc(Cl)cc2c1OCC2)C1CC1. The molecule has 0 unspecified atom stereocenters. The van der Waals surface area contributed by atoms with Crippen molar-refractivity contribution < 1.29 is 4.74 Å². The summed E-state index contributed by atoms with van der Waals surface area (Å²) >= 11 is 6.21. The highest BCUT2D eigenvalue weighted by molar-refractivity contribution is 6.30. The molecule has 1 saturated carbocycles. The summed E-state index contributed by atoms with van der Waals surface area (Å²) in [5, 5.41) is 8.17. The Hall–Kier alpha value is -1.26. The first-order valence-corrected chi connectivity index (χ1v) is 7.52. The first-order chi connectivity index (χ1) is 9.63. The van der Waals surface area contributed by atoms with E-state index in [2.05, 4.69) is 4.90 Å². The highest BCUT2D eigenvalue weighted by Crippen LogP contribution is 2.36. The fourth-order valence-electron chi connectivity index (χ4n) is 2.78. The molecule has 20 heavy (non-hydrogen) atoms. The standard InChI is InChI=1S/C15H20ClN3O/c16-12-7-10-4-6-20-15(10)11(8-12)9-19(13-1-2-13)5-3-14(17)18/h7-8,13H,1-6,9H2,(H3,17,18). The van der Waals surface area contributed by atoms with E-state index < -0.39 is 0 Å². The van der Waals surface area contributed by atoms with Crippen molar-refractivity contribution in [1.29, 1.82) is 5.41 Å². The van der Waals surface area contributed by atoms with Crippen LogP contribution in [-0.2, 0) is 13.0 Å². The molecule has 1 fully saturated rings. The third kappa shape index (κ3) is 3.07. The average Bonchev–Trinajstić information content (AvgIpc) is 3.12. The van der Waals surface area contributed by atoms with Gasteiger partial charge in [0.15, 0.2) is 0 Å². The van der Waals surface area contributed by atoms with Crippen LogP contribution >= 0.6 is 11.6 Å². The quantitative estimate of drug-likeness (QED) is 0.626. The van der Waals surface area contributed by atoms with Crippen molar-refractivity contribution in [1.82, 2.24) is 4.90 Å². The summed E-state index contributed by atoms with van der Waals surface area (Å²) in [6.45, 7) is 2.42. The number of fused-ring (bicyclic) bond motifs is 1. The number of halogens is 1. The topological polar surface area (TPSA) is 62.3 Å². The smallest absolute Gasteiger partial charge is 0.127 e. The van der Waals surface area contributed by atoms with Gasteiger partial charge in [0.1, 0.15) is 5.75 Å². The Bertz CT molecular complexity index is 528. The molecule has 1 aliphatic heterocycles. The number of rotatable bonds is 6. The third-order valence-electron chi connectivity index (χ3n) is 3.93. The van der Waals surface area contributed by atoms with Gasteiger partial charge in [-0.25, -0.2) is 0 Å². The highest BCUT2D eigenvalue weighted by atomic mass is 35.5. The van der Waals surface area contributed by atoms with Crippen LogP contribution in [-0.4, -0.2) is 29.9 Å². The normalized spacial score (nSPS) is 17.1. The van der Waals surface area contributed by atoms with E-state index in [0.717, 1.165) is 36.9 Å². The van der Waals surface area contributed by atoms with E-state index in [0.29, 0.717) is 12.5 Å². The van der Waals surface area contributed by atoms with Gasteiger partial charge in [0.2, 0.25) is 0 Å². The Balaban J connectivity index is 1.76. The first kappa shape index (κ1) is 13.7. The summed E-state index contributed by atoms with van der Waals surface area (Å²) in [5.41, 5.74) is 7.86. The molecule has 1 aromatic carbocycles. The number of hydrogen-bond donors (Lipinski definition) is 2. The van der Waals surface area contributed by atoms with E-state index in [-0.39, 0.29) is 5.84 Å². The van der Waals surface area contributed by atoms with Crippen molar-refractivity contribution in [3.05, 3.63) is 28.3 Å². The molecule has 0 amide bonds. The van der Waals surface area contributed by atoms with E-state index in [1.165, 1.54) is 24.0 Å². The van der Waals surface area contributed by atoms with E-state index in [4.69, 9.17) is 27.5 Å². The Morgan fingerprint density at radius 2 is 2.25 bits per heavy atom. The maximum atomic E-state index is 7.39. The first-order valence-electron chi connectivity index (χ1n) is 7.14. The van der Waals surface area contributed by atoms with Crippen molar-refractivity contribution in [3.63, 3.8) is 0 Å². The van der Waals surface area contributed by atoms with Gasteiger partial charge >= 0.3 is 0 Å². The molecule has 3 rings (SSSR count). The van der Waals surface area contributed by atoms with Gasteiger partial charge in [-0.15, -0.1) is 0 Å². The number of nitrogens with zero attached hydrogens (tertiary/aromatic N) is 1. The van der Waals surface area contributed by atoms with Crippen LogP contribution in [0.3, 0.4) is 0 Å². The van der Waals surface area contributed by atoms with Crippen LogP contribution in [0.5, 0.6) is 5.75 Å². The molecule has 0 radical (unpaired) electrons. The summed E-state index contributed by atoms with van der Waals surface area (Å²) in [6.07, 6.45) is 4.04. The maximum absolute atomic E-state index is 7.39. The monoisotopic (exact) mass is 293 g/mol. The van der Waals surface area contributed by atoms with Crippen LogP contribution in [0.2, 0.25) is 5.02 Å². The lowest BCUT2D eigenvalue weighted by atomic mass is 10.1. The van der Waals surface area contributed by atoms with Crippen LogP contribution in [0.25, 0.3) is 0 Å². The van der Waals surface area contributed by atoms with Crippen molar-refractivity contribution >= 4 is 17.4 Å². The molecule has 2 aliphatic rings. The zero-order valence-corrected chi connectivity index (χ0v) is 12.2. The van der Waals surface area contributed by atoms with Gasteiger partial charge in [-0.3, -0.25) is 10.3 Å². The van der Waals surface area contributed by atoms with E-state index in [1.54, 1.807) is 0 Å². The summed E-state index contributed by atoms with van der Waals surface area (Å²) < 4.78 is 5.76. The van der Waals surface area contributed by atoms with Crippen molar-refractivity contribution in [3.8, 4) is 5.75 Å².